The molecule has 0 atom stereocenters. The number of rotatable bonds is 5. The van der Waals surface area contributed by atoms with Gasteiger partial charge in [0.25, 0.3) is 0 Å². The third-order valence-electron chi connectivity index (χ3n) is 2.81. The fraction of sp³-hybridized carbons (Fsp3) is 0.267. The van der Waals surface area contributed by atoms with E-state index < -0.39 is 0 Å². The van der Waals surface area contributed by atoms with E-state index in [4.69, 9.17) is 9.15 Å². The zero-order valence-electron chi connectivity index (χ0n) is 11.4. The summed E-state index contributed by atoms with van der Waals surface area (Å²) in [4.78, 5) is 0. The quantitative estimate of drug-likeness (QED) is 0.662. The average Bonchev–Trinajstić information content (AvgIpc) is 2.86. The maximum Gasteiger partial charge on any atom is 0.149 e. The van der Waals surface area contributed by atoms with Crippen molar-refractivity contribution in [2.75, 3.05) is 7.11 Å². The molecule has 0 amide bonds. The van der Waals surface area contributed by atoms with E-state index in [1.165, 1.54) is 0 Å². The van der Waals surface area contributed by atoms with Gasteiger partial charge in [0, 0.05) is 5.56 Å². The van der Waals surface area contributed by atoms with Crippen LogP contribution < -0.4 is 10.2 Å². The van der Waals surface area contributed by atoms with E-state index in [2.05, 4.69) is 10.5 Å². The second-order valence-electron chi connectivity index (χ2n) is 4.25. The summed E-state index contributed by atoms with van der Waals surface area (Å²) in [7, 11) is 1.67. The van der Waals surface area contributed by atoms with Gasteiger partial charge in [0.05, 0.1) is 19.4 Å². The Labute approximate surface area is 113 Å². The lowest BCUT2D eigenvalue weighted by Crippen LogP contribution is -2.09. The monoisotopic (exact) mass is 258 g/mol. The molecule has 4 nitrogen and oxygen atoms in total. The van der Waals surface area contributed by atoms with E-state index in [0.717, 1.165) is 28.5 Å². The molecule has 0 bridgehead atoms. The maximum atomic E-state index is 5.50. The molecule has 0 aliphatic heterocycles. The molecule has 0 aliphatic rings. The summed E-state index contributed by atoms with van der Waals surface area (Å²) >= 11 is 0. The van der Waals surface area contributed by atoms with E-state index >= 15 is 0 Å². The van der Waals surface area contributed by atoms with Gasteiger partial charge in [0.1, 0.15) is 17.3 Å². The number of hydrogen-bond donors (Lipinski definition) is 1. The zero-order valence-corrected chi connectivity index (χ0v) is 11.4. The van der Waals surface area contributed by atoms with Crippen LogP contribution in [0.1, 0.15) is 24.0 Å². The molecule has 2 rings (SSSR count). The number of hydrogen-bond acceptors (Lipinski definition) is 4. The molecule has 0 spiro atoms. The maximum absolute atomic E-state index is 5.50. The topological polar surface area (TPSA) is 46.8 Å². The Balaban J connectivity index is 1.99. The first-order chi connectivity index (χ1) is 9.20. The van der Waals surface area contributed by atoms with Crippen LogP contribution in [-0.4, -0.2) is 12.8 Å². The lowest BCUT2D eigenvalue weighted by Gasteiger charge is -2.07. The highest BCUT2D eigenvalue weighted by Crippen LogP contribution is 2.16. The minimum atomic E-state index is 0.612. The summed E-state index contributed by atoms with van der Waals surface area (Å²) in [6.45, 7) is 4.44. The lowest BCUT2D eigenvalue weighted by molar-refractivity contribution is 0.408. The van der Waals surface area contributed by atoms with E-state index in [0.29, 0.717) is 6.54 Å². The standard InChI is InChI=1S/C15H18N2O2/c1-11-8-9-14(19-11)12(2)17-16-10-13-6-4-5-7-15(13)18-3/h4-9,16H,10H2,1-3H3/b17-12-. The van der Waals surface area contributed by atoms with Crippen LogP contribution in [0.2, 0.25) is 0 Å². The van der Waals surface area contributed by atoms with Gasteiger partial charge in [-0.05, 0) is 32.0 Å². The lowest BCUT2D eigenvalue weighted by atomic mass is 10.2. The van der Waals surface area contributed by atoms with Crippen LogP contribution >= 0.6 is 0 Å². The molecule has 100 valence electrons. The van der Waals surface area contributed by atoms with Gasteiger partial charge >= 0.3 is 0 Å². The van der Waals surface area contributed by atoms with Gasteiger partial charge in [-0.15, -0.1) is 0 Å². The zero-order chi connectivity index (χ0) is 13.7. The van der Waals surface area contributed by atoms with Crippen molar-refractivity contribution in [3.05, 3.63) is 53.5 Å². The van der Waals surface area contributed by atoms with Crippen molar-refractivity contribution < 1.29 is 9.15 Å². The summed E-state index contributed by atoms with van der Waals surface area (Å²) in [6.07, 6.45) is 0. The van der Waals surface area contributed by atoms with E-state index in [-0.39, 0.29) is 0 Å². The van der Waals surface area contributed by atoms with Crippen molar-refractivity contribution in [3.63, 3.8) is 0 Å². The number of aryl methyl sites for hydroxylation is 1. The Bertz CT molecular complexity index is 573. The van der Waals surface area contributed by atoms with Crippen molar-refractivity contribution in [2.24, 2.45) is 5.10 Å². The van der Waals surface area contributed by atoms with Crippen LogP contribution in [-0.2, 0) is 6.54 Å². The molecule has 0 fully saturated rings. The first-order valence-electron chi connectivity index (χ1n) is 6.16. The second kappa shape index (κ2) is 6.09. The molecule has 0 aliphatic carbocycles. The highest BCUT2D eigenvalue weighted by Gasteiger charge is 2.03. The Morgan fingerprint density at radius 1 is 1.26 bits per heavy atom. The van der Waals surface area contributed by atoms with Gasteiger partial charge in [0.2, 0.25) is 0 Å². The summed E-state index contributed by atoms with van der Waals surface area (Å²) in [5.41, 5.74) is 4.92. The molecule has 1 aromatic carbocycles. The Kier molecular flexibility index (Phi) is 4.23. The summed E-state index contributed by atoms with van der Waals surface area (Å²) < 4.78 is 10.8. The second-order valence-corrected chi connectivity index (χ2v) is 4.25. The summed E-state index contributed by atoms with van der Waals surface area (Å²) in [5, 5.41) is 4.30. The van der Waals surface area contributed by atoms with Crippen molar-refractivity contribution >= 4 is 5.71 Å². The molecule has 19 heavy (non-hydrogen) atoms. The molecule has 1 aromatic heterocycles. The highest BCUT2D eigenvalue weighted by molar-refractivity contribution is 5.96. The number of ether oxygens (including phenoxy) is 1. The van der Waals surface area contributed by atoms with E-state index in [9.17, 15) is 0 Å². The molecule has 0 saturated carbocycles. The van der Waals surface area contributed by atoms with Crippen LogP contribution in [0.4, 0.5) is 0 Å². The van der Waals surface area contributed by atoms with Gasteiger partial charge in [0.15, 0.2) is 0 Å². The first-order valence-corrected chi connectivity index (χ1v) is 6.16. The van der Waals surface area contributed by atoms with Crippen LogP contribution in [0.5, 0.6) is 5.75 Å². The number of para-hydroxylation sites is 1. The highest BCUT2D eigenvalue weighted by atomic mass is 16.5. The van der Waals surface area contributed by atoms with Gasteiger partial charge in [-0.3, -0.25) is 0 Å². The van der Waals surface area contributed by atoms with Crippen LogP contribution in [0.3, 0.4) is 0 Å². The number of benzene rings is 1. The number of nitrogens with zero attached hydrogens (tertiary/aromatic N) is 1. The van der Waals surface area contributed by atoms with Gasteiger partial charge in [-0.25, -0.2) is 0 Å². The smallest absolute Gasteiger partial charge is 0.149 e. The predicted octanol–water partition coefficient (Wildman–Crippen LogP) is 3.11. The Morgan fingerprint density at radius 3 is 2.74 bits per heavy atom. The number of furan rings is 1. The minimum Gasteiger partial charge on any atom is -0.496 e. The van der Waals surface area contributed by atoms with Gasteiger partial charge < -0.3 is 14.6 Å². The van der Waals surface area contributed by atoms with E-state index in [1.807, 2.05) is 50.2 Å². The molecule has 2 aromatic rings. The van der Waals surface area contributed by atoms with Crippen LogP contribution in [0, 0.1) is 6.92 Å². The van der Waals surface area contributed by atoms with Crippen molar-refractivity contribution in [3.8, 4) is 5.75 Å². The molecule has 1 N–H and O–H groups in total. The number of methoxy groups -OCH3 is 1. The summed E-state index contributed by atoms with van der Waals surface area (Å²) in [5.74, 6) is 2.52. The molecule has 0 unspecified atom stereocenters. The van der Waals surface area contributed by atoms with Gasteiger partial charge in [-0.1, -0.05) is 18.2 Å². The van der Waals surface area contributed by atoms with E-state index in [1.54, 1.807) is 7.11 Å². The largest absolute Gasteiger partial charge is 0.496 e. The Hall–Kier alpha value is -2.23. The van der Waals surface area contributed by atoms with Crippen LogP contribution in [0.25, 0.3) is 0 Å². The molecule has 4 heteroatoms. The number of nitrogens with one attached hydrogen (secondary N) is 1. The van der Waals surface area contributed by atoms with Crippen LogP contribution in [0.15, 0.2) is 45.9 Å². The van der Waals surface area contributed by atoms with Crippen molar-refractivity contribution in [2.45, 2.75) is 20.4 Å². The minimum absolute atomic E-state index is 0.612. The fourth-order valence-corrected chi connectivity index (χ4v) is 1.78. The predicted molar refractivity (Wildman–Crippen MR) is 75.5 cm³/mol. The van der Waals surface area contributed by atoms with Crippen molar-refractivity contribution in [1.29, 1.82) is 0 Å². The van der Waals surface area contributed by atoms with Gasteiger partial charge in [-0.2, -0.15) is 5.10 Å². The SMILES string of the molecule is COc1ccccc1CN/N=C(/C)c1ccc(C)o1. The van der Waals surface area contributed by atoms with Crippen molar-refractivity contribution in [1.82, 2.24) is 5.43 Å². The fourth-order valence-electron chi connectivity index (χ4n) is 1.78. The molecule has 0 radical (unpaired) electrons. The molecular formula is C15H18N2O2. The Morgan fingerprint density at radius 2 is 2.05 bits per heavy atom. The average molecular weight is 258 g/mol. The first kappa shape index (κ1) is 13.2. The molecule has 0 saturated heterocycles. The molecule has 1 heterocycles. The third kappa shape index (κ3) is 3.37. The third-order valence-corrected chi connectivity index (χ3v) is 2.81. The number of hydrazone groups is 1. The normalized spacial score (nSPS) is 11.4. The summed E-state index contributed by atoms with van der Waals surface area (Å²) in [6, 6.07) is 11.7. The molecular weight excluding hydrogens is 240 g/mol.